The molecule has 3 aliphatic heterocycles. The summed E-state index contributed by atoms with van der Waals surface area (Å²) in [6.07, 6.45) is 2.36. The molecule has 35 heavy (non-hydrogen) atoms. The second kappa shape index (κ2) is 7.01. The van der Waals surface area contributed by atoms with Crippen LogP contribution in [0.15, 0.2) is 84.9 Å². The number of hydrogen-bond donors (Lipinski definition) is 0. The summed E-state index contributed by atoms with van der Waals surface area (Å²) >= 11 is 0. The van der Waals surface area contributed by atoms with Gasteiger partial charge in [-0.05, 0) is 71.0 Å². The summed E-state index contributed by atoms with van der Waals surface area (Å²) in [5.41, 5.74) is 13.6. The van der Waals surface area contributed by atoms with Crippen molar-refractivity contribution in [3.8, 4) is 0 Å². The van der Waals surface area contributed by atoms with Crippen LogP contribution >= 0.6 is 0 Å². The fraction of sp³-hybridized carbons (Fsp3) is 0.273. The van der Waals surface area contributed by atoms with Gasteiger partial charge in [0.25, 0.3) is 0 Å². The summed E-state index contributed by atoms with van der Waals surface area (Å²) in [6, 6.07) is 32.0. The zero-order chi connectivity index (χ0) is 23.9. The van der Waals surface area contributed by atoms with Crippen LogP contribution in [0.2, 0.25) is 0 Å². The van der Waals surface area contributed by atoms with Gasteiger partial charge in [-0.1, -0.05) is 82.3 Å². The van der Waals surface area contributed by atoms with E-state index in [4.69, 9.17) is 0 Å². The summed E-state index contributed by atoms with van der Waals surface area (Å²) in [7, 11) is 0. The Morgan fingerprint density at radius 2 is 1.23 bits per heavy atom. The van der Waals surface area contributed by atoms with Crippen LogP contribution in [0.1, 0.15) is 61.9 Å². The molecule has 0 radical (unpaired) electrons. The van der Waals surface area contributed by atoms with Crippen molar-refractivity contribution in [3.63, 3.8) is 0 Å². The number of fused-ring (bicyclic) bond motifs is 5. The molecule has 2 nitrogen and oxygen atoms in total. The Kier molecular flexibility index (Phi) is 4.17. The van der Waals surface area contributed by atoms with Gasteiger partial charge in [-0.3, -0.25) is 0 Å². The summed E-state index contributed by atoms with van der Waals surface area (Å²) in [4.78, 5) is 5.06. The van der Waals surface area contributed by atoms with Crippen molar-refractivity contribution in [2.75, 3.05) is 16.3 Å². The fourth-order valence-corrected chi connectivity index (χ4v) is 6.84. The molecule has 0 aliphatic carbocycles. The van der Waals surface area contributed by atoms with E-state index in [-0.39, 0.29) is 10.8 Å². The molecule has 0 atom stereocenters. The average Bonchev–Trinajstić information content (AvgIpc) is 2.88. The highest BCUT2D eigenvalue weighted by Crippen LogP contribution is 2.60. The van der Waals surface area contributed by atoms with E-state index >= 15 is 0 Å². The van der Waals surface area contributed by atoms with E-state index in [0.29, 0.717) is 0 Å². The smallest absolute Gasteiger partial charge is 0.0543 e. The van der Waals surface area contributed by atoms with Crippen LogP contribution in [0.5, 0.6) is 0 Å². The molecule has 0 saturated heterocycles. The minimum Gasteiger partial charge on any atom is -0.341 e. The lowest BCUT2D eigenvalue weighted by Crippen LogP contribution is -2.38. The zero-order valence-electron chi connectivity index (χ0n) is 21.1. The minimum atomic E-state index is -0.0924. The van der Waals surface area contributed by atoms with Gasteiger partial charge in [-0.2, -0.15) is 0 Å². The molecule has 7 rings (SSSR count). The Hall–Kier alpha value is -3.52. The number of para-hydroxylation sites is 3. The number of anilines is 5. The van der Waals surface area contributed by atoms with Crippen LogP contribution in [-0.2, 0) is 17.3 Å². The van der Waals surface area contributed by atoms with Crippen molar-refractivity contribution >= 4 is 28.4 Å². The third-order valence-electron chi connectivity index (χ3n) is 8.74. The molecule has 0 unspecified atom stereocenters. The van der Waals surface area contributed by atoms with Crippen molar-refractivity contribution in [2.24, 2.45) is 0 Å². The first-order chi connectivity index (χ1) is 16.9. The molecule has 0 saturated carbocycles. The first-order valence-electron chi connectivity index (χ1n) is 12.9. The first-order valence-corrected chi connectivity index (χ1v) is 12.9. The Balaban J connectivity index is 1.47. The highest BCUT2D eigenvalue weighted by molar-refractivity contribution is 5.93. The largest absolute Gasteiger partial charge is 0.341 e. The topological polar surface area (TPSA) is 6.48 Å². The zero-order valence-corrected chi connectivity index (χ0v) is 21.1. The van der Waals surface area contributed by atoms with Gasteiger partial charge in [0.15, 0.2) is 0 Å². The Morgan fingerprint density at radius 3 is 2.03 bits per heavy atom. The first kappa shape index (κ1) is 20.8. The fourth-order valence-electron chi connectivity index (χ4n) is 6.84. The molecular formula is C33H32N2. The van der Waals surface area contributed by atoms with Crippen molar-refractivity contribution in [1.29, 1.82) is 0 Å². The van der Waals surface area contributed by atoms with E-state index in [2.05, 4.69) is 122 Å². The summed E-state index contributed by atoms with van der Waals surface area (Å²) < 4.78 is 0. The molecule has 174 valence electrons. The third kappa shape index (κ3) is 2.71. The molecular weight excluding hydrogens is 424 g/mol. The van der Waals surface area contributed by atoms with E-state index < -0.39 is 0 Å². The van der Waals surface area contributed by atoms with Gasteiger partial charge >= 0.3 is 0 Å². The normalized spacial score (nSPS) is 18.3. The predicted octanol–water partition coefficient (Wildman–Crippen LogP) is 8.52. The molecule has 3 aliphatic rings. The molecule has 0 amide bonds. The van der Waals surface area contributed by atoms with Crippen LogP contribution < -0.4 is 9.80 Å². The second-order valence-corrected chi connectivity index (χ2v) is 11.4. The Morgan fingerprint density at radius 1 is 0.600 bits per heavy atom. The Labute approximate surface area is 208 Å². The van der Waals surface area contributed by atoms with E-state index in [9.17, 15) is 0 Å². The standard InChI is InChI=1S/C33H32N2/c1-32(2)24-13-6-8-17-29(24)35-30-19-18-23(34-20-10-12-22-11-5-7-16-28(22)34)21-27(30)33(3,4)26-15-9-14-25(32)31(26)35/h5-9,11,13-19,21H,10,12,20H2,1-4H3. The average molecular weight is 457 g/mol. The number of nitrogens with zero attached hydrogens (tertiary/aromatic N) is 2. The maximum atomic E-state index is 2.54. The van der Waals surface area contributed by atoms with Gasteiger partial charge in [-0.15, -0.1) is 0 Å². The number of rotatable bonds is 1. The lowest BCUT2D eigenvalue weighted by Gasteiger charge is -2.49. The monoisotopic (exact) mass is 456 g/mol. The number of benzene rings is 4. The molecule has 3 heterocycles. The van der Waals surface area contributed by atoms with Gasteiger partial charge in [0.1, 0.15) is 0 Å². The maximum absolute atomic E-state index is 2.54. The van der Waals surface area contributed by atoms with Crippen LogP contribution in [0.25, 0.3) is 0 Å². The number of hydrogen-bond acceptors (Lipinski definition) is 2. The molecule has 0 fully saturated rings. The molecule has 2 heteroatoms. The van der Waals surface area contributed by atoms with Crippen molar-refractivity contribution in [1.82, 2.24) is 0 Å². The van der Waals surface area contributed by atoms with Gasteiger partial charge in [0, 0.05) is 28.7 Å². The lowest BCUT2D eigenvalue weighted by atomic mass is 9.66. The minimum absolute atomic E-state index is 0.0382. The SMILES string of the molecule is CC1(C)c2ccccc2N2c3ccc(N4CCCc5ccccc54)cc3C(C)(C)c3cccc1c32. The van der Waals surface area contributed by atoms with Crippen LogP contribution in [-0.4, -0.2) is 6.54 Å². The summed E-state index contributed by atoms with van der Waals surface area (Å²) in [6.45, 7) is 10.6. The lowest BCUT2D eigenvalue weighted by molar-refractivity contribution is 0.597. The third-order valence-corrected chi connectivity index (χ3v) is 8.74. The predicted molar refractivity (Wildman–Crippen MR) is 147 cm³/mol. The summed E-state index contributed by atoms with van der Waals surface area (Å²) in [5, 5.41) is 0. The van der Waals surface area contributed by atoms with E-state index in [1.54, 1.807) is 0 Å². The molecule has 0 N–H and O–H groups in total. The van der Waals surface area contributed by atoms with Crippen LogP contribution in [0.4, 0.5) is 28.4 Å². The van der Waals surface area contributed by atoms with Crippen molar-refractivity contribution in [2.45, 2.75) is 51.4 Å². The second-order valence-electron chi connectivity index (χ2n) is 11.4. The molecule has 0 bridgehead atoms. The maximum Gasteiger partial charge on any atom is 0.0543 e. The van der Waals surface area contributed by atoms with Gasteiger partial charge < -0.3 is 9.80 Å². The van der Waals surface area contributed by atoms with E-state index in [1.165, 1.54) is 69.1 Å². The van der Waals surface area contributed by atoms with Gasteiger partial charge in [-0.25, -0.2) is 0 Å². The van der Waals surface area contributed by atoms with Gasteiger partial charge in [0.2, 0.25) is 0 Å². The Bertz CT molecular complexity index is 1490. The van der Waals surface area contributed by atoms with Crippen molar-refractivity contribution in [3.05, 3.63) is 113 Å². The van der Waals surface area contributed by atoms with Crippen LogP contribution in [0.3, 0.4) is 0 Å². The van der Waals surface area contributed by atoms with Gasteiger partial charge in [0.05, 0.1) is 17.1 Å². The van der Waals surface area contributed by atoms with E-state index in [1.807, 2.05) is 0 Å². The summed E-state index contributed by atoms with van der Waals surface area (Å²) in [5.74, 6) is 0. The van der Waals surface area contributed by atoms with E-state index in [0.717, 1.165) is 6.54 Å². The highest BCUT2D eigenvalue weighted by atomic mass is 15.2. The molecule has 0 aromatic heterocycles. The molecule has 0 spiro atoms. The number of aryl methyl sites for hydroxylation is 1. The molecule has 4 aromatic rings. The van der Waals surface area contributed by atoms with Crippen LogP contribution in [0, 0.1) is 0 Å². The van der Waals surface area contributed by atoms with Crippen molar-refractivity contribution < 1.29 is 0 Å². The quantitative estimate of drug-likeness (QED) is 0.283. The highest BCUT2D eigenvalue weighted by Gasteiger charge is 2.45. The molecule has 4 aromatic carbocycles.